The Morgan fingerprint density at radius 3 is 2.73 bits per heavy atom. The van der Waals surface area contributed by atoms with Crippen molar-refractivity contribution in [1.82, 2.24) is 0 Å². The molecule has 0 fully saturated rings. The van der Waals surface area contributed by atoms with Crippen molar-refractivity contribution < 1.29 is 19.4 Å². The van der Waals surface area contributed by atoms with Crippen LogP contribution in [0.5, 0.6) is 17.2 Å². The molecule has 2 rings (SSSR count). The van der Waals surface area contributed by atoms with Gasteiger partial charge in [0, 0.05) is 0 Å². The van der Waals surface area contributed by atoms with E-state index in [1.165, 1.54) is 13.2 Å². The number of carbonyl (C=O) groups excluding carboxylic acids is 1. The summed E-state index contributed by atoms with van der Waals surface area (Å²) < 4.78 is 11.1. The second-order valence-electron chi connectivity index (χ2n) is 5.11. The van der Waals surface area contributed by atoms with Gasteiger partial charge in [-0.2, -0.15) is 5.26 Å². The quantitative estimate of drug-likeness (QED) is 0.384. The maximum atomic E-state index is 12.4. The molecule has 6 nitrogen and oxygen atoms in total. The molecule has 0 aromatic heterocycles. The van der Waals surface area contributed by atoms with Crippen LogP contribution in [0.4, 0.5) is 5.69 Å². The SMILES string of the molecule is CCOc1cc(/C=C(\C#N)C(=O)Nc2ccccc2OC)cc(I)c1O. The lowest BCUT2D eigenvalue weighted by molar-refractivity contribution is -0.112. The Hall–Kier alpha value is -2.73. The summed E-state index contributed by atoms with van der Waals surface area (Å²) >= 11 is 1.96. The molecule has 7 heteroatoms. The minimum Gasteiger partial charge on any atom is -0.504 e. The third kappa shape index (κ3) is 4.67. The number of phenols is 1. The molecule has 0 aliphatic heterocycles. The number of hydrogen-bond donors (Lipinski definition) is 2. The van der Waals surface area contributed by atoms with Crippen LogP contribution in [-0.2, 0) is 4.79 Å². The van der Waals surface area contributed by atoms with Crippen LogP contribution in [0.2, 0.25) is 0 Å². The lowest BCUT2D eigenvalue weighted by Gasteiger charge is -2.10. The van der Waals surface area contributed by atoms with Crippen molar-refractivity contribution >= 4 is 40.3 Å². The predicted octanol–water partition coefficient (Wildman–Crippen LogP) is 3.95. The van der Waals surface area contributed by atoms with Crippen LogP contribution >= 0.6 is 22.6 Å². The highest BCUT2D eigenvalue weighted by Crippen LogP contribution is 2.33. The second-order valence-corrected chi connectivity index (χ2v) is 6.27. The largest absolute Gasteiger partial charge is 0.504 e. The van der Waals surface area contributed by atoms with Crippen molar-refractivity contribution in [3.8, 4) is 23.3 Å². The number of methoxy groups -OCH3 is 1. The fourth-order valence-electron chi connectivity index (χ4n) is 2.20. The molecule has 0 saturated heterocycles. The molecule has 1 amide bonds. The summed E-state index contributed by atoms with van der Waals surface area (Å²) in [7, 11) is 1.50. The topological polar surface area (TPSA) is 91.6 Å². The van der Waals surface area contributed by atoms with E-state index < -0.39 is 5.91 Å². The molecule has 0 bridgehead atoms. The van der Waals surface area contributed by atoms with Gasteiger partial charge in [0.2, 0.25) is 0 Å². The van der Waals surface area contributed by atoms with E-state index in [4.69, 9.17) is 9.47 Å². The molecule has 0 heterocycles. The summed E-state index contributed by atoms with van der Waals surface area (Å²) in [4.78, 5) is 12.4. The van der Waals surface area contributed by atoms with Gasteiger partial charge in [0.25, 0.3) is 5.91 Å². The highest BCUT2D eigenvalue weighted by molar-refractivity contribution is 14.1. The molecule has 26 heavy (non-hydrogen) atoms. The van der Waals surface area contributed by atoms with Crippen molar-refractivity contribution in [2.45, 2.75) is 6.92 Å². The smallest absolute Gasteiger partial charge is 0.266 e. The van der Waals surface area contributed by atoms with Crippen LogP contribution in [0.25, 0.3) is 6.08 Å². The average Bonchev–Trinajstić information content (AvgIpc) is 2.64. The zero-order valence-corrected chi connectivity index (χ0v) is 16.4. The molecular formula is C19H17IN2O4. The molecule has 0 spiro atoms. The Labute approximate surface area is 165 Å². The molecule has 2 aromatic carbocycles. The van der Waals surface area contributed by atoms with Crippen LogP contribution in [-0.4, -0.2) is 24.7 Å². The number of rotatable bonds is 6. The summed E-state index contributed by atoms with van der Waals surface area (Å²) in [5.74, 6) is 0.267. The molecule has 2 N–H and O–H groups in total. The number of halogens is 1. The van der Waals surface area contributed by atoms with E-state index >= 15 is 0 Å². The number of ether oxygens (including phenoxy) is 2. The number of aromatic hydroxyl groups is 1. The van der Waals surface area contributed by atoms with Gasteiger partial charge in [-0.1, -0.05) is 12.1 Å². The number of nitriles is 1. The number of carbonyl (C=O) groups is 1. The van der Waals surface area contributed by atoms with Gasteiger partial charge in [0.05, 0.1) is 23.0 Å². The van der Waals surface area contributed by atoms with Crippen molar-refractivity contribution in [1.29, 1.82) is 5.26 Å². The summed E-state index contributed by atoms with van der Waals surface area (Å²) in [5, 5.41) is 22.0. The van der Waals surface area contributed by atoms with Crippen molar-refractivity contribution in [2.24, 2.45) is 0 Å². The lowest BCUT2D eigenvalue weighted by Crippen LogP contribution is -2.14. The number of hydrogen-bond acceptors (Lipinski definition) is 5. The zero-order chi connectivity index (χ0) is 19.1. The van der Waals surface area contributed by atoms with Crippen LogP contribution < -0.4 is 14.8 Å². The van der Waals surface area contributed by atoms with Gasteiger partial charge >= 0.3 is 0 Å². The number of benzene rings is 2. The number of nitrogens with one attached hydrogen (secondary N) is 1. The number of phenolic OH excluding ortho intramolecular Hbond substituents is 1. The van der Waals surface area contributed by atoms with E-state index in [1.807, 2.05) is 28.7 Å². The lowest BCUT2D eigenvalue weighted by atomic mass is 10.1. The standard InChI is InChI=1S/C19H17IN2O4/c1-3-26-17-10-12(9-14(20)18(17)23)8-13(11-21)19(24)22-15-6-4-5-7-16(15)25-2/h4-10,23H,3H2,1-2H3,(H,22,24)/b13-8+. The summed E-state index contributed by atoms with van der Waals surface area (Å²) in [6.45, 7) is 2.19. The van der Waals surface area contributed by atoms with Gasteiger partial charge in [0.1, 0.15) is 17.4 Å². The Bertz CT molecular complexity index is 888. The van der Waals surface area contributed by atoms with Crippen molar-refractivity contribution in [3.63, 3.8) is 0 Å². The van der Waals surface area contributed by atoms with E-state index in [9.17, 15) is 15.2 Å². The van der Waals surface area contributed by atoms with Gasteiger partial charge in [-0.3, -0.25) is 4.79 Å². The normalized spacial score (nSPS) is 10.8. The maximum Gasteiger partial charge on any atom is 0.266 e. The highest BCUT2D eigenvalue weighted by atomic mass is 127. The number of nitrogens with zero attached hydrogens (tertiary/aromatic N) is 1. The van der Waals surface area contributed by atoms with Gasteiger partial charge in [-0.15, -0.1) is 0 Å². The van der Waals surface area contributed by atoms with E-state index in [-0.39, 0.29) is 11.3 Å². The summed E-state index contributed by atoms with van der Waals surface area (Å²) in [6.07, 6.45) is 1.44. The minimum absolute atomic E-state index is 0.0292. The second kappa shape index (κ2) is 9.10. The van der Waals surface area contributed by atoms with E-state index in [2.05, 4.69) is 5.32 Å². The molecule has 2 aromatic rings. The van der Waals surface area contributed by atoms with Gasteiger partial charge in [-0.25, -0.2) is 0 Å². The third-order valence-corrected chi connectivity index (χ3v) is 4.20. The minimum atomic E-state index is -0.557. The molecular weight excluding hydrogens is 447 g/mol. The number of para-hydroxylation sites is 2. The average molecular weight is 464 g/mol. The highest BCUT2D eigenvalue weighted by Gasteiger charge is 2.14. The van der Waals surface area contributed by atoms with Crippen LogP contribution in [0.1, 0.15) is 12.5 Å². The molecule has 134 valence electrons. The van der Waals surface area contributed by atoms with Crippen LogP contribution in [0.3, 0.4) is 0 Å². The van der Waals surface area contributed by atoms with Gasteiger partial charge in [-0.05, 0) is 65.4 Å². The monoisotopic (exact) mass is 464 g/mol. The molecule has 0 aliphatic rings. The predicted molar refractivity (Wildman–Crippen MR) is 107 cm³/mol. The Kier molecular flexibility index (Phi) is 6.86. The van der Waals surface area contributed by atoms with Gasteiger partial charge in [0.15, 0.2) is 11.5 Å². The zero-order valence-electron chi connectivity index (χ0n) is 14.2. The summed E-state index contributed by atoms with van der Waals surface area (Å²) in [5.41, 5.74) is 0.957. The van der Waals surface area contributed by atoms with E-state index in [0.29, 0.717) is 32.9 Å². The molecule has 0 saturated carbocycles. The first-order valence-electron chi connectivity index (χ1n) is 7.71. The fourth-order valence-corrected chi connectivity index (χ4v) is 2.82. The van der Waals surface area contributed by atoms with Crippen molar-refractivity contribution in [3.05, 3.63) is 51.1 Å². The number of anilines is 1. The third-order valence-electron chi connectivity index (χ3n) is 3.38. The maximum absolute atomic E-state index is 12.4. The number of amides is 1. The summed E-state index contributed by atoms with van der Waals surface area (Å²) in [6, 6.07) is 12.1. The Morgan fingerprint density at radius 2 is 2.08 bits per heavy atom. The molecule has 0 atom stereocenters. The van der Waals surface area contributed by atoms with E-state index in [1.54, 1.807) is 43.3 Å². The fraction of sp³-hybridized carbons (Fsp3) is 0.158. The van der Waals surface area contributed by atoms with Crippen molar-refractivity contribution in [2.75, 3.05) is 19.0 Å². The first-order valence-corrected chi connectivity index (χ1v) is 8.79. The Morgan fingerprint density at radius 1 is 1.35 bits per heavy atom. The molecule has 0 unspecified atom stereocenters. The molecule has 0 aliphatic carbocycles. The van der Waals surface area contributed by atoms with E-state index in [0.717, 1.165) is 0 Å². The van der Waals surface area contributed by atoms with Gasteiger partial charge < -0.3 is 19.9 Å². The first kappa shape index (κ1) is 19.6. The van der Waals surface area contributed by atoms with Crippen LogP contribution in [0.15, 0.2) is 42.0 Å². The first-order chi connectivity index (χ1) is 12.5. The molecule has 0 radical (unpaired) electrons. The van der Waals surface area contributed by atoms with Crippen LogP contribution in [0, 0.1) is 14.9 Å². The Balaban J connectivity index is 2.33.